The van der Waals surface area contributed by atoms with Gasteiger partial charge in [0.05, 0.1) is 22.1 Å². The number of hydrogen-bond acceptors (Lipinski definition) is 6. The first-order valence-corrected chi connectivity index (χ1v) is 10.4. The number of anilines is 1. The lowest BCUT2D eigenvalue weighted by atomic mass is 10.2. The van der Waals surface area contributed by atoms with Crippen LogP contribution in [0.4, 0.5) is 5.69 Å². The van der Waals surface area contributed by atoms with Gasteiger partial charge in [-0.2, -0.15) is 0 Å². The van der Waals surface area contributed by atoms with Crippen molar-refractivity contribution in [2.75, 3.05) is 32.6 Å². The number of carbonyl (C=O) groups excluding carboxylic acids is 2. The first-order valence-electron chi connectivity index (χ1n) is 8.57. The van der Waals surface area contributed by atoms with Crippen LogP contribution >= 0.6 is 11.6 Å². The molecule has 0 aromatic heterocycles. The van der Waals surface area contributed by atoms with Gasteiger partial charge in [-0.3, -0.25) is 4.79 Å². The maximum atomic E-state index is 12.1. The third-order valence-electron chi connectivity index (χ3n) is 3.72. The second kappa shape index (κ2) is 9.73. The van der Waals surface area contributed by atoms with E-state index in [9.17, 15) is 18.0 Å². The molecule has 8 nitrogen and oxygen atoms in total. The van der Waals surface area contributed by atoms with Gasteiger partial charge in [-0.05, 0) is 49.4 Å². The normalized spacial score (nSPS) is 11.2. The molecule has 10 heteroatoms. The lowest BCUT2D eigenvalue weighted by molar-refractivity contribution is -0.118. The minimum Gasteiger partial charge on any atom is -0.482 e. The summed E-state index contributed by atoms with van der Waals surface area (Å²) in [5.41, 5.74) is 0.853. The van der Waals surface area contributed by atoms with Gasteiger partial charge >= 0.3 is 5.97 Å². The third kappa shape index (κ3) is 5.93. The van der Waals surface area contributed by atoms with E-state index in [0.29, 0.717) is 11.3 Å². The molecule has 0 aliphatic rings. The summed E-state index contributed by atoms with van der Waals surface area (Å²) in [7, 11) is -0.793. The Hall–Kier alpha value is -2.62. The molecule has 0 aliphatic carbocycles. The lowest BCUT2D eigenvalue weighted by Gasteiger charge is -2.13. The largest absolute Gasteiger partial charge is 0.482 e. The summed E-state index contributed by atoms with van der Waals surface area (Å²) in [6.45, 7) is 1.66. The summed E-state index contributed by atoms with van der Waals surface area (Å²) in [6.07, 6.45) is 0. The molecule has 29 heavy (non-hydrogen) atoms. The summed E-state index contributed by atoms with van der Waals surface area (Å²) in [6, 6.07) is 10.2. The maximum Gasteiger partial charge on any atom is 0.338 e. The fourth-order valence-electron chi connectivity index (χ4n) is 2.21. The van der Waals surface area contributed by atoms with E-state index in [-0.39, 0.29) is 28.9 Å². The van der Waals surface area contributed by atoms with E-state index in [1.165, 1.54) is 44.4 Å². The standard InChI is InChI=1S/C19H21ClN2O6S/c1-4-27-19(24)13-5-7-14(8-6-13)21-18(23)12-28-17-10-9-15(11-16(17)20)29(25,26)22(2)3/h5-11H,4,12H2,1-3H3,(H,21,23). The number of amides is 1. The maximum absolute atomic E-state index is 12.1. The molecule has 0 heterocycles. The smallest absolute Gasteiger partial charge is 0.338 e. The zero-order valence-corrected chi connectivity index (χ0v) is 17.7. The monoisotopic (exact) mass is 440 g/mol. The van der Waals surface area contributed by atoms with Gasteiger partial charge in [0.1, 0.15) is 5.75 Å². The van der Waals surface area contributed by atoms with Gasteiger partial charge in [0.15, 0.2) is 6.61 Å². The quantitative estimate of drug-likeness (QED) is 0.633. The Morgan fingerprint density at radius 3 is 2.31 bits per heavy atom. The second-order valence-corrected chi connectivity index (χ2v) is 8.57. The van der Waals surface area contributed by atoms with Crippen LogP contribution in [0.15, 0.2) is 47.4 Å². The lowest BCUT2D eigenvalue weighted by Crippen LogP contribution is -2.22. The molecule has 2 aromatic rings. The topological polar surface area (TPSA) is 102 Å². The molecule has 1 amide bonds. The Balaban J connectivity index is 1.96. The van der Waals surface area contributed by atoms with Crippen LogP contribution in [0, 0.1) is 0 Å². The van der Waals surface area contributed by atoms with Gasteiger partial charge in [0.2, 0.25) is 10.0 Å². The number of halogens is 1. The Morgan fingerprint density at radius 2 is 1.76 bits per heavy atom. The molecule has 0 unspecified atom stereocenters. The van der Waals surface area contributed by atoms with Crippen molar-refractivity contribution in [2.45, 2.75) is 11.8 Å². The van der Waals surface area contributed by atoms with Crippen molar-refractivity contribution < 1.29 is 27.5 Å². The number of esters is 1. The van der Waals surface area contributed by atoms with Gasteiger partial charge in [0.25, 0.3) is 5.91 Å². The van der Waals surface area contributed by atoms with E-state index in [2.05, 4.69) is 5.32 Å². The summed E-state index contributed by atoms with van der Waals surface area (Å²) in [4.78, 5) is 23.7. The highest BCUT2D eigenvalue weighted by Crippen LogP contribution is 2.28. The van der Waals surface area contributed by atoms with Crippen LogP contribution in [0.25, 0.3) is 0 Å². The average Bonchev–Trinajstić information content (AvgIpc) is 2.67. The number of hydrogen-bond donors (Lipinski definition) is 1. The Morgan fingerprint density at radius 1 is 1.10 bits per heavy atom. The molecule has 156 valence electrons. The average molecular weight is 441 g/mol. The summed E-state index contributed by atoms with van der Waals surface area (Å²) < 4.78 is 35.5. The predicted octanol–water partition coefficient (Wildman–Crippen LogP) is 2.78. The van der Waals surface area contributed by atoms with Gasteiger partial charge < -0.3 is 14.8 Å². The van der Waals surface area contributed by atoms with Gasteiger partial charge in [-0.25, -0.2) is 17.5 Å². The minimum atomic E-state index is -3.62. The van der Waals surface area contributed by atoms with Crippen molar-refractivity contribution in [1.82, 2.24) is 4.31 Å². The Labute approximate surface area is 174 Å². The Kier molecular flexibility index (Phi) is 7.60. The van der Waals surface area contributed by atoms with E-state index in [0.717, 1.165) is 4.31 Å². The van der Waals surface area contributed by atoms with E-state index < -0.39 is 21.9 Å². The van der Waals surface area contributed by atoms with Gasteiger partial charge in [-0.15, -0.1) is 0 Å². The van der Waals surface area contributed by atoms with Crippen molar-refractivity contribution in [1.29, 1.82) is 0 Å². The minimum absolute atomic E-state index is 0.0194. The molecule has 1 N–H and O–H groups in total. The molecular weight excluding hydrogens is 420 g/mol. The van der Waals surface area contributed by atoms with Crippen LogP contribution in [-0.2, 0) is 19.6 Å². The van der Waals surface area contributed by atoms with Crippen molar-refractivity contribution in [2.24, 2.45) is 0 Å². The van der Waals surface area contributed by atoms with E-state index in [1.807, 2.05) is 0 Å². The number of carbonyl (C=O) groups is 2. The molecule has 0 aliphatic heterocycles. The zero-order chi connectivity index (χ0) is 21.6. The fourth-order valence-corrected chi connectivity index (χ4v) is 3.44. The van der Waals surface area contributed by atoms with Crippen molar-refractivity contribution in [3.8, 4) is 5.75 Å². The van der Waals surface area contributed by atoms with Crippen molar-refractivity contribution >= 4 is 39.2 Å². The molecule has 2 rings (SSSR count). The molecule has 0 fully saturated rings. The number of rotatable bonds is 8. The van der Waals surface area contributed by atoms with Crippen LogP contribution in [-0.4, -0.2) is 51.9 Å². The van der Waals surface area contributed by atoms with E-state index in [1.54, 1.807) is 19.1 Å². The second-order valence-electron chi connectivity index (χ2n) is 6.01. The summed E-state index contributed by atoms with van der Waals surface area (Å²) >= 11 is 6.07. The van der Waals surface area contributed by atoms with Gasteiger partial charge in [0, 0.05) is 19.8 Å². The highest BCUT2D eigenvalue weighted by Gasteiger charge is 2.19. The summed E-state index contributed by atoms with van der Waals surface area (Å²) in [5.74, 6) is -0.713. The summed E-state index contributed by atoms with van der Waals surface area (Å²) in [5, 5.41) is 2.69. The number of benzene rings is 2. The van der Waals surface area contributed by atoms with Crippen LogP contribution in [0.5, 0.6) is 5.75 Å². The van der Waals surface area contributed by atoms with E-state index >= 15 is 0 Å². The van der Waals surface area contributed by atoms with E-state index in [4.69, 9.17) is 21.1 Å². The highest BCUT2D eigenvalue weighted by atomic mass is 35.5. The van der Waals surface area contributed by atoms with Crippen molar-refractivity contribution in [3.05, 3.63) is 53.1 Å². The molecule has 0 bridgehead atoms. The molecular formula is C19H21ClN2O6S. The molecule has 2 aromatic carbocycles. The third-order valence-corrected chi connectivity index (χ3v) is 5.83. The number of ether oxygens (including phenoxy) is 2. The predicted molar refractivity (Wildman–Crippen MR) is 109 cm³/mol. The number of nitrogens with zero attached hydrogens (tertiary/aromatic N) is 1. The van der Waals surface area contributed by atoms with Crippen LogP contribution in [0.1, 0.15) is 17.3 Å². The van der Waals surface area contributed by atoms with Crippen LogP contribution in [0.3, 0.4) is 0 Å². The SMILES string of the molecule is CCOC(=O)c1ccc(NC(=O)COc2ccc(S(=O)(=O)N(C)C)cc2Cl)cc1. The molecule has 0 saturated heterocycles. The molecule has 0 spiro atoms. The fraction of sp³-hybridized carbons (Fsp3) is 0.263. The highest BCUT2D eigenvalue weighted by molar-refractivity contribution is 7.89. The van der Waals surface area contributed by atoms with Crippen LogP contribution in [0.2, 0.25) is 5.02 Å². The molecule has 0 atom stereocenters. The number of nitrogens with one attached hydrogen (secondary N) is 1. The first-order chi connectivity index (χ1) is 13.6. The zero-order valence-electron chi connectivity index (χ0n) is 16.1. The number of sulfonamides is 1. The first kappa shape index (κ1) is 22.7. The Bertz CT molecular complexity index is 990. The van der Waals surface area contributed by atoms with Gasteiger partial charge in [-0.1, -0.05) is 11.6 Å². The van der Waals surface area contributed by atoms with Crippen LogP contribution < -0.4 is 10.1 Å². The molecule has 0 saturated carbocycles. The molecule has 0 radical (unpaired) electrons. The van der Waals surface area contributed by atoms with Crippen molar-refractivity contribution in [3.63, 3.8) is 0 Å².